The van der Waals surface area contributed by atoms with Gasteiger partial charge in [0.2, 0.25) is 0 Å². The maximum absolute atomic E-state index is 0. The molecule has 0 radical (unpaired) electrons. The molecule has 0 heterocycles. The van der Waals surface area contributed by atoms with Crippen molar-refractivity contribution in [2.75, 3.05) is 0 Å². The van der Waals surface area contributed by atoms with Gasteiger partial charge in [0.15, 0.2) is 0 Å². The molecule has 0 rings (SSSR count). The normalized spacial score (nSPS) is 0. The first-order chi connectivity index (χ1) is 0. The summed E-state index contributed by atoms with van der Waals surface area (Å²) in [4.78, 5) is 0. The van der Waals surface area contributed by atoms with Crippen molar-refractivity contribution in [1.29, 1.82) is 0 Å². The van der Waals surface area contributed by atoms with Crippen LogP contribution in [0.1, 0.15) is 0 Å². The molecule has 0 aliphatic carbocycles. The summed E-state index contributed by atoms with van der Waals surface area (Å²) in [5.41, 5.74) is 0. The van der Waals surface area contributed by atoms with E-state index in [-0.39, 0.29) is 120 Å². The van der Waals surface area contributed by atoms with E-state index in [2.05, 4.69) is 0 Å². The Hall–Kier alpha value is 3.25. The Morgan fingerprint density at radius 1 is 0.375 bits per heavy atom. The molecule has 0 fully saturated rings. The molecule has 0 N–H and O–H groups in total. The molecule has 0 saturated heterocycles. The number of hydrogen-bond acceptors (Lipinski definition) is 0. The summed E-state index contributed by atoms with van der Waals surface area (Å²) in [6.45, 7) is 0. The van der Waals surface area contributed by atoms with E-state index >= 15 is 0 Å². The van der Waals surface area contributed by atoms with E-state index in [1.54, 1.807) is 0 Å². The first-order valence-electron chi connectivity index (χ1n) is 0. The smallest absolute Gasteiger partial charge is 1.00 e. The minimum atomic E-state index is 0. The van der Waals surface area contributed by atoms with Gasteiger partial charge in [0.1, 0.15) is 0 Å². The molecule has 0 aromatic rings. The van der Waals surface area contributed by atoms with Gasteiger partial charge in [-0.05, 0) is 0 Å². The molecule has 8 heteroatoms. The molecule has 0 aliphatic heterocycles. The molecule has 48 valence electrons. The average Bonchev–Trinajstić information content (AvgIpc) is 0. The van der Waals surface area contributed by atoms with E-state index in [1.165, 1.54) is 0 Å². The minimum absolute atomic E-state index is 0. The number of hydrogen-bond donors (Lipinski definition) is 0. The van der Waals surface area contributed by atoms with Crippen LogP contribution in [-0.4, -0.2) is 45.6 Å². The van der Waals surface area contributed by atoms with Crippen molar-refractivity contribution in [1.82, 2.24) is 0 Å². The maximum Gasteiger partial charge on any atom is 3.00 e. The fraction of sp³-hybridized carbons (Fsp3) is 0. The van der Waals surface area contributed by atoms with Crippen LogP contribution < -0.4 is 74.4 Å². The van der Waals surface area contributed by atoms with Gasteiger partial charge in [-0.3, -0.25) is 0 Å². The molecule has 8 heavy (non-hydrogen) atoms. The topological polar surface area (TPSA) is 0 Å². The fourth-order valence-corrected chi connectivity index (χ4v) is 0. The standard InChI is InChI=1S/6ClH.Ga.In/h6*1H;;/q;;;;;;2*+3/p-6. The van der Waals surface area contributed by atoms with Gasteiger partial charge in [0.05, 0.1) is 0 Å². The first kappa shape index (κ1) is 112. The summed E-state index contributed by atoms with van der Waals surface area (Å²) >= 11 is 0. The maximum atomic E-state index is 0. The predicted molar refractivity (Wildman–Crippen MR) is 11.5 cm³/mol. The second-order valence-corrected chi connectivity index (χ2v) is 0. The Labute approximate surface area is 118 Å². The quantitative estimate of drug-likeness (QED) is 0.357. The molecular formula is Cl6GaIn. The van der Waals surface area contributed by atoms with Gasteiger partial charge in [0.25, 0.3) is 0 Å². The molecule has 0 atom stereocenters. The molecule has 0 aromatic carbocycles. The second-order valence-electron chi connectivity index (χ2n) is 0. The van der Waals surface area contributed by atoms with Crippen LogP contribution in [-0.2, 0) is 0 Å². The van der Waals surface area contributed by atoms with Crippen LogP contribution in [0.25, 0.3) is 0 Å². The van der Waals surface area contributed by atoms with Crippen LogP contribution in [0, 0.1) is 0 Å². The minimum Gasteiger partial charge on any atom is -1.00 e. The zero-order valence-corrected chi connectivity index (χ0v) is 13.7. The summed E-state index contributed by atoms with van der Waals surface area (Å²) in [6, 6.07) is 0. The molecule has 0 amide bonds. The number of rotatable bonds is 0. The van der Waals surface area contributed by atoms with Crippen molar-refractivity contribution in [3.05, 3.63) is 0 Å². The average molecular weight is 397 g/mol. The van der Waals surface area contributed by atoms with Gasteiger partial charge in [-0.2, -0.15) is 0 Å². The van der Waals surface area contributed by atoms with E-state index in [1.807, 2.05) is 0 Å². The van der Waals surface area contributed by atoms with E-state index in [0.29, 0.717) is 0 Å². The van der Waals surface area contributed by atoms with E-state index in [0.717, 1.165) is 0 Å². The van der Waals surface area contributed by atoms with E-state index in [9.17, 15) is 0 Å². The molecule has 0 aliphatic rings. The molecule has 0 spiro atoms. The van der Waals surface area contributed by atoms with Gasteiger partial charge in [0, 0.05) is 0 Å². The van der Waals surface area contributed by atoms with Crippen LogP contribution in [0.4, 0.5) is 0 Å². The van der Waals surface area contributed by atoms with Crippen LogP contribution in [0.3, 0.4) is 0 Å². The Morgan fingerprint density at radius 2 is 0.375 bits per heavy atom. The second kappa shape index (κ2) is 83.1. The summed E-state index contributed by atoms with van der Waals surface area (Å²) in [5.74, 6) is 0. The summed E-state index contributed by atoms with van der Waals surface area (Å²) < 4.78 is 0. The Morgan fingerprint density at radius 3 is 0.375 bits per heavy atom. The molecule has 0 bridgehead atoms. The third kappa shape index (κ3) is 59.7. The predicted octanol–water partition coefficient (Wildman–Crippen LogP) is -18.7. The Bertz CT molecular complexity index is 8.49. The van der Waals surface area contributed by atoms with Crippen molar-refractivity contribution in [3.63, 3.8) is 0 Å². The third-order valence-corrected chi connectivity index (χ3v) is 0. The van der Waals surface area contributed by atoms with Gasteiger partial charge in [-0.25, -0.2) is 0 Å². The molecule has 0 unspecified atom stereocenters. The summed E-state index contributed by atoms with van der Waals surface area (Å²) in [7, 11) is 0. The van der Waals surface area contributed by atoms with Crippen LogP contribution in [0.5, 0.6) is 0 Å². The van der Waals surface area contributed by atoms with Gasteiger partial charge in [-0.15, -0.1) is 0 Å². The Balaban J connectivity index is 0. The van der Waals surface area contributed by atoms with E-state index < -0.39 is 0 Å². The molecule has 0 nitrogen and oxygen atoms in total. The van der Waals surface area contributed by atoms with Gasteiger partial charge >= 0.3 is 45.6 Å². The zero-order valence-electron chi connectivity index (χ0n) is 3.42. The Kier molecular flexibility index (Phi) is 1160. The van der Waals surface area contributed by atoms with Crippen molar-refractivity contribution in [2.45, 2.75) is 0 Å². The molecule has 0 aromatic heterocycles. The summed E-state index contributed by atoms with van der Waals surface area (Å²) in [5, 5.41) is 0. The summed E-state index contributed by atoms with van der Waals surface area (Å²) in [6.07, 6.45) is 0. The largest absolute Gasteiger partial charge is 3.00 e. The van der Waals surface area contributed by atoms with Crippen molar-refractivity contribution in [3.8, 4) is 0 Å². The third-order valence-electron chi connectivity index (χ3n) is 0. The molecular weight excluding hydrogens is 397 g/mol. The van der Waals surface area contributed by atoms with Crippen LogP contribution in [0.2, 0.25) is 0 Å². The first-order valence-corrected chi connectivity index (χ1v) is 0. The van der Waals surface area contributed by atoms with Crippen molar-refractivity contribution >= 4 is 45.6 Å². The monoisotopic (exact) mass is 394 g/mol. The zero-order chi connectivity index (χ0) is 0. The van der Waals surface area contributed by atoms with Gasteiger partial charge < -0.3 is 74.4 Å². The van der Waals surface area contributed by atoms with Crippen LogP contribution in [0.15, 0.2) is 0 Å². The number of halogens is 6. The molecule has 0 saturated carbocycles. The fourth-order valence-electron chi connectivity index (χ4n) is 0. The van der Waals surface area contributed by atoms with Crippen molar-refractivity contribution in [2.24, 2.45) is 0 Å². The van der Waals surface area contributed by atoms with Gasteiger partial charge in [-0.1, -0.05) is 0 Å². The SMILES string of the molecule is [Cl-].[Cl-].[Cl-].[Cl-].[Cl-].[Cl-].[Ga+3].[In+3]. The van der Waals surface area contributed by atoms with E-state index in [4.69, 9.17) is 0 Å². The van der Waals surface area contributed by atoms with Crippen molar-refractivity contribution < 1.29 is 74.4 Å². The van der Waals surface area contributed by atoms with Crippen LogP contribution >= 0.6 is 0 Å².